The SMILES string of the molecule is N=C1/C(=C(/O)c2ccccc2)[C@@H](c2ccc(Cl)cc2)[C@H](C(=O)c2ccc(F)cc2)C(=S)N1c1ccccc1. The highest BCUT2D eigenvalue weighted by Crippen LogP contribution is 2.45. The Balaban J connectivity index is 1.79. The quantitative estimate of drug-likeness (QED) is 0.154. The topological polar surface area (TPSA) is 64.4 Å². The summed E-state index contributed by atoms with van der Waals surface area (Å²) in [6.07, 6.45) is 0. The van der Waals surface area contributed by atoms with E-state index in [9.17, 15) is 19.7 Å². The Kier molecular flexibility index (Phi) is 7.18. The fourth-order valence-corrected chi connectivity index (χ4v) is 5.32. The monoisotopic (exact) mass is 540 g/mol. The molecule has 4 aromatic carbocycles. The van der Waals surface area contributed by atoms with E-state index in [0.29, 0.717) is 21.8 Å². The molecule has 0 radical (unpaired) electrons. The Labute approximate surface area is 230 Å². The number of aliphatic hydroxyl groups is 1. The number of anilines is 1. The van der Waals surface area contributed by atoms with Gasteiger partial charge in [0, 0.05) is 33.3 Å². The molecule has 0 bridgehead atoms. The van der Waals surface area contributed by atoms with E-state index in [2.05, 4.69) is 0 Å². The van der Waals surface area contributed by atoms with Crippen LogP contribution in [-0.2, 0) is 0 Å². The maximum absolute atomic E-state index is 14.1. The van der Waals surface area contributed by atoms with Crippen molar-refractivity contribution in [3.05, 3.63) is 142 Å². The third kappa shape index (κ3) is 4.76. The predicted octanol–water partition coefficient (Wildman–Crippen LogP) is 7.86. The van der Waals surface area contributed by atoms with Crippen molar-refractivity contribution in [3.63, 3.8) is 0 Å². The second-order valence-electron chi connectivity index (χ2n) is 8.86. The van der Waals surface area contributed by atoms with Crippen LogP contribution in [0, 0.1) is 17.1 Å². The van der Waals surface area contributed by atoms with E-state index in [1.54, 1.807) is 60.7 Å². The Morgan fingerprint density at radius 3 is 2.03 bits per heavy atom. The first-order chi connectivity index (χ1) is 18.4. The number of piperidine rings is 1. The Bertz CT molecular complexity index is 1540. The van der Waals surface area contributed by atoms with E-state index in [-0.39, 0.29) is 33.5 Å². The highest BCUT2D eigenvalue weighted by molar-refractivity contribution is 7.80. The van der Waals surface area contributed by atoms with Crippen LogP contribution in [0.2, 0.25) is 5.02 Å². The highest BCUT2D eigenvalue weighted by Gasteiger charge is 2.47. The summed E-state index contributed by atoms with van der Waals surface area (Å²) >= 11 is 12.1. The van der Waals surface area contributed by atoms with Gasteiger partial charge in [0.1, 0.15) is 22.4 Å². The third-order valence-electron chi connectivity index (χ3n) is 6.57. The van der Waals surface area contributed by atoms with Crippen molar-refractivity contribution in [2.24, 2.45) is 5.92 Å². The van der Waals surface area contributed by atoms with Gasteiger partial charge < -0.3 is 5.11 Å². The maximum Gasteiger partial charge on any atom is 0.173 e. The van der Waals surface area contributed by atoms with E-state index in [4.69, 9.17) is 23.8 Å². The molecule has 4 nitrogen and oxygen atoms in total. The standard InChI is InChI=1S/C31H22ClFN2O2S/c32-22-15-11-19(12-16-22)25-26(28(36)20-7-3-1-4-8-20)30(34)35(24-9-5-2-6-10-24)31(38)27(25)29(37)21-13-17-23(33)18-14-21/h1-18,25,27,34,36H/b28-26+,34-30?/t25-,27-/m1/s1. The summed E-state index contributed by atoms with van der Waals surface area (Å²) < 4.78 is 13.7. The van der Waals surface area contributed by atoms with Crippen molar-refractivity contribution in [2.75, 3.05) is 4.90 Å². The minimum atomic E-state index is -0.980. The lowest BCUT2D eigenvalue weighted by atomic mass is 9.72. The second-order valence-corrected chi connectivity index (χ2v) is 9.72. The molecule has 0 unspecified atom stereocenters. The molecule has 1 aliphatic rings. The highest BCUT2D eigenvalue weighted by atomic mass is 35.5. The van der Waals surface area contributed by atoms with Gasteiger partial charge in [0.2, 0.25) is 0 Å². The Hall–Kier alpha value is -4.13. The third-order valence-corrected chi connectivity index (χ3v) is 7.26. The fraction of sp³-hybridized carbons (Fsp3) is 0.0645. The number of ketones is 1. The molecular formula is C31H22ClFN2O2S. The minimum Gasteiger partial charge on any atom is -0.507 e. The lowest BCUT2D eigenvalue weighted by Crippen LogP contribution is -2.51. The van der Waals surface area contributed by atoms with Crippen molar-refractivity contribution in [1.29, 1.82) is 5.41 Å². The molecule has 38 heavy (non-hydrogen) atoms. The summed E-state index contributed by atoms with van der Waals surface area (Å²) in [7, 11) is 0. The van der Waals surface area contributed by atoms with Gasteiger partial charge in [0.05, 0.1) is 5.92 Å². The van der Waals surface area contributed by atoms with Crippen molar-refractivity contribution >= 4 is 51.9 Å². The molecule has 2 N–H and O–H groups in total. The summed E-state index contributed by atoms with van der Waals surface area (Å²) in [6, 6.07) is 30.2. The number of aliphatic hydroxyl groups excluding tert-OH is 1. The molecule has 0 saturated carbocycles. The number of benzene rings is 4. The van der Waals surface area contributed by atoms with Crippen LogP contribution >= 0.6 is 23.8 Å². The van der Waals surface area contributed by atoms with Crippen LogP contribution in [0.3, 0.4) is 0 Å². The van der Waals surface area contributed by atoms with Crippen molar-refractivity contribution in [3.8, 4) is 0 Å². The lowest BCUT2D eigenvalue weighted by molar-refractivity contribution is 0.0946. The predicted molar refractivity (Wildman–Crippen MR) is 154 cm³/mol. The maximum atomic E-state index is 14.1. The van der Waals surface area contributed by atoms with Crippen LogP contribution in [-0.4, -0.2) is 21.7 Å². The first kappa shape index (κ1) is 25.5. The van der Waals surface area contributed by atoms with E-state index in [1.165, 1.54) is 29.2 Å². The molecule has 5 rings (SSSR count). The van der Waals surface area contributed by atoms with Crippen molar-refractivity contribution in [2.45, 2.75) is 5.92 Å². The molecule has 0 aromatic heterocycles. The van der Waals surface area contributed by atoms with Gasteiger partial charge in [-0.15, -0.1) is 0 Å². The molecule has 188 valence electrons. The summed E-state index contributed by atoms with van der Waals surface area (Å²) in [5.74, 6) is -2.75. The van der Waals surface area contributed by atoms with Crippen LogP contribution in [0.4, 0.5) is 10.1 Å². The number of carbonyl (C=O) groups is 1. The summed E-state index contributed by atoms with van der Waals surface area (Å²) in [5, 5.41) is 21.4. The zero-order valence-electron chi connectivity index (χ0n) is 20.0. The van der Waals surface area contributed by atoms with Gasteiger partial charge in [-0.2, -0.15) is 0 Å². The number of carbonyl (C=O) groups excluding carboxylic acids is 1. The largest absolute Gasteiger partial charge is 0.507 e. The average molecular weight is 541 g/mol. The van der Waals surface area contributed by atoms with Gasteiger partial charge in [-0.3, -0.25) is 15.1 Å². The molecular weight excluding hydrogens is 519 g/mol. The normalized spacial score (nSPS) is 18.8. The number of rotatable bonds is 5. The summed E-state index contributed by atoms with van der Waals surface area (Å²) in [4.78, 5) is 15.8. The van der Waals surface area contributed by atoms with Gasteiger partial charge in [-0.1, -0.05) is 84.5 Å². The van der Waals surface area contributed by atoms with Crippen molar-refractivity contribution in [1.82, 2.24) is 0 Å². The van der Waals surface area contributed by atoms with Crippen LogP contribution in [0.5, 0.6) is 0 Å². The smallest absolute Gasteiger partial charge is 0.173 e. The molecule has 1 fully saturated rings. The number of hydrogen-bond donors (Lipinski definition) is 2. The van der Waals surface area contributed by atoms with Gasteiger partial charge >= 0.3 is 0 Å². The molecule has 0 spiro atoms. The van der Waals surface area contributed by atoms with Gasteiger partial charge in [0.15, 0.2) is 5.78 Å². The molecule has 1 saturated heterocycles. The molecule has 0 amide bonds. The van der Waals surface area contributed by atoms with Crippen LogP contribution in [0.25, 0.3) is 5.76 Å². The average Bonchev–Trinajstić information content (AvgIpc) is 2.94. The summed E-state index contributed by atoms with van der Waals surface area (Å²) in [5.41, 5.74) is 2.27. The number of nitrogens with zero attached hydrogens (tertiary/aromatic N) is 1. The van der Waals surface area contributed by atoms with Gasteiger partial charge in [-0.05, 0) is 54.1 Å². The van der Waals surface area contributed by atoms with E-state index < -0.39 is 17.7 Å². The van der Waals surface area contributed by atoms with Crippen molar-refractivity contribution < 1.29 is 14.3 Å². The van der Waals surface area contributed by atoms with Crippen LogP contribution < -0.4 is 4.90 Å². The number of halogens is 2. The van der Waals surface area contributed by atoms with Gasteiger partial charge in [-0.25, -0.2) is 4.39 Å². The fourth-order valence-electron chi connectivity index (χ4n) is 4.76. The lowest BCUT2D eigenvalue weighted by Gasteiger charge is -2.42. The Morgan fingerprint density at radius 1 is 0.842 bits per heavy atom. The molecule has 4 aromatic rings. The zero-order chi connectivity index (χ0) is 26.8. The summed E-state index contributed by atoms with van der Waals surface area (Å²) in [6.45, 7) is 0. The second kappa shape index (κ2) is 10.7. The molecule has 7 heteroatoms. The first-order valence-electron chi connectivity index (χ1n) is 11.9. The number of hydrogen-bond acceptors (Lipinski definition) is 4. The van der Waals surface area contributed by atoms with E-state index >= 15 is 0 Å². The first-order valence-corrected chi connectivity index (χ1v) is 12.7. The van der Waals surface area contributed by atoms with E-state index in [1.807, 2.05) is 24.3 Å². The van der Waals surface area contributed by atoms with Gasteiger partial charge in [0.25, 0.3) is 0 Å². The van der Waals surface area contributed by atoms with Crippen LogP contribution in [0.15, 0.2) is 115 Å². The Morgan fingerprint density at radius 2 is 1.42 bits per heavy atom. The molecule has 1 aliphatic heterocycles. The number of thiocarbonyl (C=S) groups is 1. The number of Topliss-reactive ketones (excluding diaryl/α,β-unsaturated/α-hetero) is 1. The minimum absolute atomic E-state index is 0.0364. The number of amidine groups is 1. The van der Waals surface area contributed by atoms with Crippen LogP contribution in [0.1, 0.15) is 27.4 Å². The molecule has 1 heterocycles. The van der Waals surface area contributed by atoms with E-state index in [0.717, 1.165) is 0 Å². The number of para-hydroxylation sites is 1. The molecule has 2 atom stereocenters. The molecule has 0 aliphatic carbocycles. The zero-order valence-corrected chi connectivity index (χ0v) is 21.6. The number of nitrogens with one attached hydrogen (secondary N) is 1.